The highest BCUT2D eigenvalue weighted by Gasteiger charge is 1.96. The van der Waals surface area contributed by atoms with Crippen molar-refractivity contribution in [1.29, 1.82) is 0 Å². The standard InChI is InChI=1S/C15H25NO2/c1-3-10-17-11-6-9-16-13-14-7-5-8-15(12-14)18-4-2/h5,7-8,12,16H,3-4,6,9-11,13H2,1-2H3. The van der Waals surface area contributed by atoms with Crippen molar-refractivity contribution < 1.29 is 9.47 Å². The Hall–Kier alpha value is -1.06. The first-order valence-electron chi connectivity index (χ1n) is 6.87. The summed E-state index contributed by atoms with van der Waals surface area (Å²) in [4.78, 5) is 0. The third kappa shape index (κ3) is 6.62. The van der Waals surface area contributed by atoms with Crippen molar-refractivity contribution in [2.24, 2.45) is 0 Å². The average molecular weight is 251 g/mol. The Kier molecular flexibility index (Phi) is 8.26. The van der Waals surface area contributed by atoms with E-state index in [2.05, 4.69) is 24.4 Å². The van der Waals surface area contributed by atoms with Gasteiger partial charge in [-0.25, -0.2) is 0 Å². The van der Waals surface area contributed by atoms with Gasteiger partial charge in [-0.2, -0.15) is 0 Å². The number of ether oxygens (including phenoxy) is 2. The van der Waals surface area contributed by atoms with Crippen molar-refractivity contribution in [1.82, 2.24) is 5.32 Å². The summed E-state index contributed by atoms with van der Waals surface area (Å²) >= 11 is 0. The predicted octanol–water partition coefficient (Wildman–Crippen LogP) is 2.99. The van der Waals surface area contributed by atoms with E-state index in [0.29, 0.717) is 6.61 Å². The topological polar surface area (TPSA) is 30.5 Å². The van der Waals surface area contributed by atoms with Gasteiger partial charge in [0.2, 0.25) is 0 Å². The molecule has 0 unspecified atom stereocenters. The molecule has 102 valence electrons. The molecule has 3 heteroatoms. The van der Waals surface area contributed by atoms with Crippen molar-refractivity contribution in [2.75, 3.05) is 26.4 Å². The van der Waals surface area contributed by atoms with E-state index in [1.54, 1.807) is 0 Å². The highest BCUT2D eigenvalue weighted by molar-refractivity contribution is 5.28. The van der Waals surface area contributed by atoms with Crippen LogP contribution in [0.1, 0.15) is 32.3 Å². The molecule has 18 heavy (non-hydrogen) atoms. The van der Waals surface area contributed by atoms with Gasteiger partial charge in [0.25, 0.3) is 0 Å². The second kappa shape index (κ2) is 9.92. The molecule has 0 bridgehead atoms. The SMILES string of the molecule is CCCOCCCNCc1cccc(OCC)c1. The Labute approximate surface area is 110 Å². The van der Waals surface area contributed by atoms with Crippen LogP contribution in [0.4, 0.5) is 0 Å². The molecule has 0 heterocycles. The monoisotopic (exact) mass is 251 g/mol. The van der Waals surface area contributed by atoms with E-state index < -0.39 is 0 Å². The van der Waals surface area contributed by atoms with E-state index in [0.717, 1.165) is 44.9 Å². The van der Waals surface area contributed by atoms with Crippen LogP contribution in [0.15, 0.2) is 24.3 Å². The fourth-order valence-corrected chi connectivity index (χ4v) is 1.69. The molecule has 0 atom stereocenters. The van der Waals surface area contributed by atoms with Gasteiger partial charge in [-0.05, 0) is 44.0 Å². The van der Waals surface area contributed by atoms with Gasteiger partial charge in [0.05, 0.1) is 6.61 Å². The van der Waals surface area contributed by atoms with Gasteiger partial charge in [0.1, 0.15) is 5.75 Å². The van der Waals surface area contributed by atoms with Crippen molar-refractivity contribution in [3.05, 3.63) is 29.8 Å². The molecule has 0 saturated heterocycles. The first-order chi connectivity index (χ1) is 8.86. The molecule has 0 spiro atoms. The summed E-state index contributed by atoms with van der Waals surface area (Å²) in [6.45, 7) is 8.43. The largest absolute Gasteiger partial charge is 0.494 e. The molecule has 0 aliphatic rings. The van der Waals surface area contributed by atoms with E-state index in [4.69, 9.17) is 9.47 Å². The first-order valence-corrected chi connectivity index (χ1v) is 6.87. The number of hydrogen-bond acceptors (Lipinski definition) is 3. The lowest BCUT2D eigenvalue weighted by Crippen LogP contribution is -2.16. The summed E-state index contributed by atoms with van der Waals surface area (Å²) in [5, 5.41) is 3.41. The molecule has 0 radical (unpaired) electrons. The molecule has 1 aromatic rings. The summed E-state index contributed by atoms with van der Waals surface area (Å²) in [6.07, 6.45) is 2.16. The minimum absolute atomic E-state index is 0.714. The van der Waals surface area contributed by atoms with Gasteiger partial charge in [0.15, 0.2) is 0 Å². The van der Waals surface area contributed by atoms with Crippen LogP contribution in [0.3, 0.4) is 0 Å². The lowest BCUT2D eigenvalue weighted by Gasteiger charge is -2.08. The average Bonchev–Trinajstić information content (AvgIpc) is 2.39. The number of benzene rings is 1. The maximum absolute atomic E-state index is 5.47. The third-order valence-corrected chi connectivity index (χ3v) is 2.53. The van der Waals surface area contributed by atoms with Crippen molar-refractivity contribution in [2.45, 2.75) is 33.2 Å². The second-order valence-electron chi connectivity index (χ2n) is 4.22. The molecule has 0 fully saturated rings. The molecule has 0 aromatic heterocycles. The Morgan fingerprint density at radius 3 is 2.83 bits per heavy atom. The summed E-state index contributed by atoms with van der Waals surface area (Å²) < 4.78 is 10.9. The minimum Gasteiger partial charge on any atom is -0.494 e. The van der Waals surface area contributed by atoms with Crippen LogP contribution < -0.4 is 10.1 Å². The Bertz CT molecular complexity index is 315. The Balaban J connectivity index is 2.13. The van der Waals surface area contributed by atoms with Gasteiger partial charge in [-0.1, -0.05) is 19.1 Å². The molecule has 0 saturated carbocycles. The zero-order valence-electron chi connectivity index (χ0n) is 11.6. The number of hydrogen-bond donors (Lipinski definition) is 1. The zero-order valence-corrected chi connectivity index (χ0v) is 11.6. The van der Waals surface area contributed by atoms with E-state index >= 15 is 0 Å². The molecule has 1 aromatic carbocycles. The Morgan fingerprint density at radius 2 is 2.06 bits per heavy atom. The fourth-order valence-electron chi connectivity index (χ4n) is 1.69. The molecular weight excluding hydrogens is 226 g/mol. The van der Waals surface area contributed by atoms with E-state index in [9.17, 15) is 0 Å². The normalized spacial score (nSPS) is 10.6. The molecule has 0 amide bonds. The molecule has 1 N–H and O–H groups in total. The summed E-state index contributed by atoms with van der Waals surface area (Å²) in [7, 11) is 0. The van der Waals surface area contributed by atoms with Gasteiger partial charge in [0, 0.05) is 19.8 Å². The maximum Gasteiger partial charge on any atom is 0.119 e. The lowest BCUT2D eigenvalue weighted by atomic mass is 10.2. The molecule has 0 aliphatic heterocycles. The van der Waals surface area contributed by atoms with Crippen LogP contribution in [0, 0.1) is 0 Å². The fraction of sp³-hybridized carbons (Fsp3) is 0.600. The van der Waals surface area contributed by atoms with Crippen molar-refractivity contribution >= 4 is 0 Å². The molecule has 3 nitrogen and oxygen atoms in total. The summed E-state index contributed by atoms with van der Waals surface area (Å²) in [5.74, 6) is 0.947. The Morgan fingerprint density at radius 1 is 1.17 bits per heavy atom. The van der Waals surface area contributed by atoms with E-state index in [1.807, 2.05) is 19.1 Å². The van der Waals surface area contributed by atoms with Crippen LogP contribution in [0.5, 0.6) is 5.75 Å². The van der Waals surface area contributed by atoms with Gasteiger partial charge >= 0.3 is 0 Å². The number of rotatable bonds is 10. The zero-order chi connectivity index (χ0) is 13.1. The van der Waals surface area contributed by atoms with Crippen LogP contribution in [-0.4, -0.2) is 26.4 Å². The van der Waals surface area contributed by atoms with Crippen LogP contribution >= 0.6 is 0 Å². The smallest absolute Gasteiger partial charge is 0.119 e. The van der Waals surface area contributed by atoms with E-state index in [-0.39, 0.29) is 0 Å². The van der Waals surface area contributed by atoms with Gasteiger partial charge < -0.3 is 14.8 Å². The summed E-state index contributed by atoms with van der Waals surface area (Å²) in [6, 6.07) is 8.23. The minimum atomic E-state index is 0.714. The van der Waals surface area contributed by atoms with Crippen LogP contribution in [0.25, 0.3) is 0 Å². The third-order valence-electron chi connectivity index (χ3n) is 2.53. The maximum atomic E-state index is 5.47. The molecular formula is C15H25NO2. The number of nitrogens with one attached hydrogen (secondary N) is 1. The lowest BCUT2D eigenvalue weighted by molar-refractivity contribution is 0.132. The van der Waals surface area contributed by atoms with Gasteiger partial charge in [-0.15, -0.1) is 0 Å². The highest BCUT2D eigenvalue weighted by Crippen LogP contribution is 2.12. The van der Waals surface area contributed by atoms with Crippen molar-refractivity contribution in [3.63, 3.8) is 0 Å². The quantitative estimate of drug-likeness (QED) is 0.648. The predicted molar refractivity (Wildman–Crippen MR) is 75.0 cm³/mol. The van der Waals surface area contributed by atoms with Crippen LogP contribution in [0.2, 0.25) is 0 Å². The highest BCUT2D eigenvalue weighted by atomic mass is 16.5. The first kappa shape index (κ1) is 15.0. The van der Waals surface area contributed by atoms with Gasteiger partial charge in [-0.3, -0.25) is 0 Å². The van der Waals surface area contributed by atoms with Crippen molar-refractivity contribution in [3.8, 4) is 5.75 Å². The summed E-state index contributed by atoms with van der Waals surface area (Å²) in [5.41, 5.74) is 1.26. The molecule has 0 aliphatic carbocycles. The van der Waals surface area contributed by atoms with E-state index in [1.165, 1.54) is 5.56 Å². The second-order valence-corrected chi connectivity index (χ2v) is 4.22. The van der Waals surface area contributed by atoms with Crippen LogP contribution in [-0.2, 0) is 11.3 Å². The molecule has 1 rings (SSSR count).